The Balaban J connectivity index is 1.81. The quantitative estimate of drug-likeness (QED) is 0.885. The normalized spacial score (nSPS) is 16.8. The van der Waals surface area contributed by atoms with Crippen LogP contribution in [0.15, 0.2) is 22.7 Å². The molecule has 0 spiro atoms. The minimum absolute atomic E-state index is 0.0998. The van der Waals surface area contributed by atoms with E-state index in [1.807, 2.05) is 13.0 Å². The highest BCUT2D eigenvalue weighted by Crippen LogP contribution is 2.37. The van der Waals surface area contributed by atoms with Crippen molar-refractivity contribution in [1.29, 1.82) is 0 Å². The van der Waals surface area contributed by atoms with Gasteiger partial charge in [-0.1, -0.05) is 16.8 Å². The van der Waals surface area contributed by atoms with Gasteiger partial charge in [0, 0.05) is 18.7 Å². The van der Waals surface area contributed by atoms with E-state index in [2.05, 4.69) is 10.5 Å². The van der Waals surface area contributed by atoms with E-state index in [-0.39, 0.29) is 12.1 Å². The Morgan fingerprint density at radius 3 is 2.72 bits per heavy atom. The zero-order chi connectivity index (χ0) is 18.0. The summed E-state index contributed by atoms with van der Waals surface area (Å²) in [5.74, 6) is 1.68. The van der Waals surface area contributed by atoms with E-state index in [1.165, 1.54) is 14.2 Å². The van der Waals surface area contributed by atoms with Crippen molar-refractivity contribution < 1.29 is 18.8 Å². The molecule has 0 saturated carbocycles. The van der Waals surface area contributed by atoms with E-state index in [0.29, 0.717) is 28.8 Å². The van der Waals surface area contributed by atoms with E-state index in [4.69, 9.17) is 25.6 Å². The van der Waals surface area contributed by atoms with E-state index < -0.39 is 0 Å². The molecule has 134 valence electrons. The standard InChI is InChI=1S/C17H20ClN3O4/c1-10-7-12(20-25-10)14-5-4-6-21(14)17(22)19-13-8-11(18)15(23-2)9-16(13)24-3/h7-9,14H,4-6H2,1-3H3,(H,19,22)/t14-/m0/s1. The minimum atomic E-state index is -0.234. The molecule has 2 aromatic rings. The number of aryl methyl sites for hydroxylation is 1. The topological polar surface area (TPSA) is 76.8 Å². The van der Waals surface area contributed by atoms with Gasteiger partial charge in [-0.2, -0.15) is 0 Å². The van der Waals surface area contributed by atoms with E-state index in [9.17, 15) is 4.79 Å². The molecule has 2 heterocycles. The Morgan fingerprint density at radius 2 is 2.08 bits per heavy atom. The van der Waals surface area contributed by atoms with Crippen LogP contribution in [0.2, 0.25) is 5.02 Å². The van der Waals surface area contributed by atoms with Gasteiger partial charge in [-0.25, -0.2) is 4.79 Å². The maximum Gasteiger partial charge on any atom is 0.322 e. The predicted octanol–water partition coefficient (Wildman–Crippen LogP) is 4.02. The molecule has 25 heavy (non-hydrogen) atoms. The molecular formula is C17H20ClN3O4. The molecule has 0 bridgehead atoms. The lowest BCUT2D eigenvalue weighted by Crippen LogP contribution is -2.34. The number of aromatic nitrogens is 1. The summed E-state index contributed by atoms with van der Waals surface area (Å²) in [6.07, 6.45) is 1.75. The van der Waals surface area contributed by atoms with Crippen LogP contribution in [-0.4, -0.2) is 36.9 Å². The number of hydrogen-bond acceptors (Lipinski definition) is 5. The molecule has 0 unspecified atom stereocenters. The monoisotopic (exact) mass is 365 g/mol. The number of benzene rings is 1. The van der Waals surface area contributed by atoms with Crippen LogP contribution in [0.3, 0.4) is 0 Å². The van der Waals surface area contributed by atoms with Crippen molar-refractivity contribution in [2.75, 3.05) is 26.1 Å². The van der Waals surface area contributed by atoms with Crippen LogP contribution in [0.1, 0.15) is 30.3 Å². The molecule has 1 N–H and O–H groups in total. The predicted molar refractivity (Wildman–Crippen MR) is 93.5 cm³/mol. The Hall–Kier alpha value is -2.41. The number of nitrogens with zero attached hydrogens (tertiary/aromatic N) is 2. The van der Waals surface area contributed by atoms with Crippen molar-refractivity contribution >= 4 is 23.3 Å². The molecule has 1 saturated heterocycles. The largest absolute Gasteiger partial charge is 0.495 e. The van der Waals surface area contributed by atoms with Crippen molar-refractivity contribution in [1.82, 2.24) is 10.1 Å². The summed E-state index contributed by atoms with van der Waals surface area (Å²) in [6, 6.07) is 4.78. The fourth-order valence-electron chi connectivity index (χ4n) is 3.00. The van der Waals surface area contributed by atoms with Gasteiger partial charge in [-0.05, 0) is 25.8 Å². The fourth-order valence-corrected chi connectivity index (χ4v) is 3.25. The van der Waals surface area contributed by atoms with Crippen LogP contribution >= 0.6 is 11.6 Å². The maximum atomic E-state index is 12.8. The van der Waals surface area contributed by atoms with Crippen LogP contribution in [0.4, 0.5) is 10.5 Å². The Bertz CT molecular complexity index is 777. The number of methoxy groups -OCH3 is 2. The molecule has 1 aromatic heterocycles. The van der Waals surface area contributed by atoms with Crippen molar-refractivity contribution in [3.63, 3.8) is 0 Å². The number of anilines is 1. The van der Waals surface area contributed by atoms with E-state index in [1.54, 1.807) is 17.0 Å². The van der Waals surface area contributed by atoms with Crippen LogP contribution < -0.4 is 14.8 Å². The third kappa shape index (κ3) is 3.51. The second-order valence-electron chi connectivity index (χ2n) is 5.83. The van der Waals surface area contributed by atoms with Crippen LogP contribution in [0, 0.1) is 6.92 Å². The van der Waals surface area contributed by atoms with Gasteiger partial charge in [0.1, 0.15) is 23.0 Å². The van der Waals surface area contributed by atoms with Gasteiger partial charge in [-0.3, -0.25) is 0 Å². The zero-order valence-corrected chi connectivity index (χ0v) is 15.1. The van der Waals surface area contributed by atoms with Gasteiger partial charge in [0.15, 0.2) is 0 Å². The number of nitrogens with one attached hydrogen (secondary N) is 1. The van der Waals surface area contributed by atoms with Gasteiger partial charge in [-0.15, -0.1) is 0 Å². The Labute approximate surface area is 150 Å². The summed E-state index contributed by atoms with van der Waals surface area (Å²) >= 11 is 6.16. The number of hydrogen-bond donors (Lipinski definition) is 1. The second kappa shape index (κ2) is 7.23. The Kier molecular flexibility index (Phi) is 5.03. The van der Waals surface area contributed by atoms with Gasteiger partial charge < -0.3 is 24.2 Å². The van der Waals surface area contributed by atoms with Crippen LogP contribution in [-0.2, 0) is 0 Å². The lowest BCUT2D eigenvalue weighted by atomic mass is 10.1. The maximum absolute atomic E-state index is 12.8. The van der Waals surface area contributed by atoms with Gasteiger partial charge in [0.2, 0.25) is 0 Å². The molecule has 1 aromatic carbocycles. The fraction of sp³-hybridized carbons (Fsp3) is 0.412. The highest BCUT2D eigenvalue weighted by Gasteiger charge is 2.32. The number of amides is 2. The highest BCUT2D eigenvalue weighted by molar-refractivity contribution is 6.32. The lowest BCUT2D eigenvalue weighted by Gasteiger charge is -2.24. The highest BCUT2D eigenvalue weighted by atomic mass is 35.5. The van der Waals surface area contributed by atoms with Crippen molar-refractivity contribution in [3.05, 3.63) is 34.7 Å². The smallest absolute Gasteiger partial charge is 0.322 e. The number of carbonyl (C=O) groups is 1. The summed E-state index contributed by atoms with van der Waals surface area (Å²) in [6.45, 7) is 2.48. The number of ether oxygens (including phenoxy) is 2. The molecule has 7 nitrogen and oxygen atoms in total. The first-order valence-electron chi connectivity index (χ1n) is 7.96. The summed E-state index contributed by atoms with van der Waals surface area (Å²) < 4.78 is 15.6. The Morgan fingerprint density at radius 1 is 1.32 bits per heavy atom. The molecule has 3 rings (SSSR count). The first-order valence-corrected chi connectivity index (χ1v) is 8.33. The molecule has 8 heteroatoms. The average molecular weight is 366 g/mol. The zero-order valence-electron chi connectivity index (χ0n) is 14.3. The minimum Gasteiger partial charge on any atom is -0.495 e. The average Bonchev–Trinajstić information content (AvgIpc) is 3.23. The molecule has 1 atom stereocenters. The second-order valence-corrected chi connectivity index (χ2v) is 6.24. The lowest BCUT2D eigenvalue weighted by molar-refractivity contribution is 0.204. The molecule has 1 fully saturated rings. The van der Waals surface area contributed by atoms with Gasteiger partial charge in [0.25, 0.3) is 0 Å². The number of urea groups is 1. The first-order chi connectivity index (χ1) is 12.0. The number of carbonyl (C=O) groups excluding carboxylic acids is 1. The molecule has 2 amide bonds. The third-order valence-electron chi connectivity index (χ3n) is 4.22. The summed E-state index contributed by atoms with van der Waals surface area (Å²) in [5.41, 5.74) is 1.25. The van der Waals surface area contributed by atoms with Crippen LogP contribution in [0.25, 0.3) is 0 Å². The SMILES string of the molecule is COc1cc(OC)c(NC(=O)N2CCC[C@H]2c2cc(C)on2)cc1Cl. The summed E-state index contributed by atoms with van der Waals surface area (Å²) in [4.78, 5) is 14.5. The number of likely N-dealkylation sites (tertiary alicyclic amines) is 1. The summed E-state index contributed by atoms with van der Waals surface area (Å²) in [7, 11) is 3.04. The third-order valence-corrected chi connectivity index (χ3v) is 4.51. The molecular weight excluding hydrogens is 346 g/mol. The molecule has 1 aliphatic heterocycles. The first kappa shape index (κ1) is 17.4. The number of halogens is 1. The molecule has 0 radical (unpaired) electrons. The summed E-state index contributed by atoms with van der Waals surface area (Å²) in [5, 5.41) is 7.31. The number of rotatable bonds is 4. The molecule has 0 aliphatic carbocycles. The van der Waals surface area contributed by atoms with Gasteiger partial charge in [0.05, 0.1) is 31.0 Å². The van der Waals surface area contributed by atoms with Crippen molar-refractivity contribution in [2.24, 2.45) is 0 Å². The van der Waals surface area contributed by atoms with Crippen LogP contribution in [0.5, 0.6) is 11.5 Å². The van der Waals surface area contributed by atoms with E-state index in [0.717, 1.165) is 24.3 Å². The molecule has 1 aliphatic rings. The van der Waals surface area contributed by atoms with Crippen molar-refractivity contribution in [3.8, 4) is 11.5 Å². The van der Waals surface area contributed by atoms with E-state index >= 15 is 0 Å². The van der Waals surface area contributed by atoms with Gasteiger partial charge >= 0.3 is 6.03 Å². The van der Waals surface area contributed by atoms with Crippen molar-refractivity contribution in [2.45, 2.75) is 25.8 Å².